The summed E-state index contributed by atoms with van der Waals surface area (Å²) in [6.45, 7) is 0.986. The van der Waals surface area contributed by atoms with E-state index in [-0.39, 0.29) is 20.3 Å². The summed E-state index contributed by atoms with van der Waals surface area (Å²) >= 11 is 0. The molecular formula is C10H11LiO. The first kappa shape index (κ1) is 11.3. The fourth-order valence-electron chi connectivity index (χ4n) is 0.802. The van der Waals surface area contributed by atoms with Crippen molar-refractivity contribution < 1.29 is 25.0 Å². The van der Waals surface area contributed by atoms with E-state index >= 15 is 0 Å². The van der Waals surface area contributed by atoms with Crippen molar-refractivity contribution in [3.8, 4) is 12.3 Å². The standard InChI is InChI=1S/C10H10O.Li.H/c1-2-8-11-9-10-6-4-3-5-7-10;;/h1,3-7H,8-9H2;;/q;+1;-1. The van der Waals surface area contributed by atoms with Gasteiger partial charge in [0.2, 0.25) is 0 Å². The van der Waals surface area contributed by atoms with Crippen molar-refractivity contribution in [2.24, 2.45) is 0 Å². The Morgan fingerprint density at radius 1 is 1.33 bits per heavy atom. The summed E-state index contributed by atoms with van der Waals surface area (Å²) < 4.78 is 5.13. The van der Waals surface area contributed by atoms with Gasteiger partial charge in [-0.25, -0.2) is 0 Å². The maximum Gasteiger partial charge on any atom is 1.00 e. The molecule has 0 fully saturated rings. The third-order valence-electron chi connectivity index (χ3n) is 1.30. The van der Waals surface area contributed by atoms with Crippen LogP contribution in [-0.2, 0) is 11.3 Å². The zero-order chi connectivity index (χ0) is 7.94. The monoisotopic (exact) mass is 154 g/mol. The van der Waals surface area contributed by atoms with Crippen LogP contribution in [-0.4, -0.2) is 6.61 Å². The number of terminal acetylenes is 1. The molecule has 0 spiro atoms. The third kappa shape index (κ3) is 4.26. The van der Waals surface area contributed by atoms with Gasteiger partial charge in [-0.2, -0.15) is 0 Å². The maximum absolute atomic E-state index is 5.13. The molecule has 2 heteroatoms. The van der Waals surface area contributed by atoms with Crippen LogP contribution < -0.4 is 18.9 Å². The van der Waals surface area contributed by atoms with Crippen molar-refractivity contribution in [1.29, 1.82) is 0 Å². The Kier molecular flexibility index (Phi) is 6.62. The molecule has 1 aromatic carbocycles. The second kappa shape index (κ2) is 7.01. The minimum atomic E-state index is 0. The fourth-order valence-corrected chi connectivity index (χ4v) is 0.802. The first-order valence-corrected chi connectivity index (χ1v) is 3.48. The van der Waals surface area contributed by atoms with E-state index in [1.165, 1.54) is 0 Å². The van der Waals surface area contributed by atoms with Gasteiger partial charge in [-0.15, -0.1) is 6.42 Å². The van der Waals surface area contributed by atoms with Gasteiger partial charge in [0.1, 0.15) is 6.61 Å². The second-order valence-electron chi connectivity index (χ2n) is 2.18. The third-order valence-corrected chi connectivity index (χ3v) is 1.30. The van der Waals surface area contributed by atoms with Crippen LogP contribution in [0.4, 0.5) is 0 Å². The van der Waals surface area contributed by atoms with E-state index in [0.29, 0.717) is 13.2 Å². The molecule has 0 bridgehead atoms. The molecule has 1 nitrogen and oxygen atoms in total. The number of hydrogen-bond acceptors (Lipinski definition) is 1. The number of hydrogen-bond donors (Lipinski definition) is 0. The number of ether oxygens (including phenoxy) is 1. The van der Waals surface area contributed by atoms with Crippen molar-refractivity contribution in [2.45, 2.75) is 6.61 Å². The molecule has 0 saturated heterocycles. The predicted molar refractivity (Wildman–Crippen MR) is 46.0 cm³/mol. The summed E-state index contributed by atoms with van der Waals surface area (Å²) in [6, 6.07) is 9.96. The minimum Gasteiger partial charge on any atom is -1.00 e. The molecule has 0 heterocycles. The summed E-state index contributed by atoms with van der Waals surface area (Å²) in [5.74, 6) is 2.42. The topological polar surface area (TPSA) is 9.23 Å². The van der Waals surface area contributed by atoms with Crippen molar-refractivity contribution >= 4 is 0 Å². The Hall–Kier alpha value is -0.663. The molecule has 0 aliphatic rings. The molecule has 0 N–H and O–H groups in total. The summed E-state index contributed by atoms with van der Waals surface area (Å²) in [5, 5.41) is 0. The van der Waals surface area contributed by atoms with Crippen LogP contribution in [0.3, 0.4) is 0 Å². The normalized spacial score (nSPS) is 8.25. The van der Waals surface area contributed by atoms with Gasteiger partial charge in [0.15, 0.2) is 0 Å². The Balaban J connectivity index is 0. The van der Waals surface area contributed by atoms with Crippen LogP contribution in [0.1, 0.15) is 6.99 Å². The van der Waals surface area contributed by atoms with E-state index < -0.39 is 0 Å². The number of benzene rings is 1. The smallest absolute Gasteiger partial charge is 1.00 e. The van der Waals surface area contributed by atoms with Gasteiger partial charge in [0.25, 0.3) is 0 Å². The molecule has 0 unspecified atom stereocenters. The molecule has 1 rings (SSSR count). The predicted octanol–water partition coefficient (Wildman–Crippen LogP) is -1.05. The SMILES string of the molecule is C#CCOCc1ccccc1.[H-].[Li+]. The largest absolute Gasteiger partial charge is 1.00 e. The summed E-state index contributed by atoms with van der Waals surface area (Å²) in [4.78, 5) is 0. The van der Waals surface area contributed by atoms with Crippen LogP contribution >= 0.6 is 0 Å². The summed E-state index contributed by atoms with van der Waals surface area (Å²) in [7, 11) is 0. The van der Waals surface area contributed by atoms with Crippen molar-refractivity contribution in [1.82, 2.24) is 0 Å². The van der Waals surface area contributed by atoms with Gasteiger partial charge in [0, 0.05) is 0 Å². The van der Waals surface area contributed by atoms with Crippen LogP contribution in [0.15, 0.2) is 30.3 Å². The van der Waals surface area contributed by atoms with E-state index in [9.17, 15) is 0 Å². The van der Waals surface area contributed by atoms with Crippen molar-refractivity contribution in [3.05, 3.63) is 35.9 Å². The van der Waals surface area contributed by atoms with Crippen LogP contribution in [0.2, 0.25) is 0 Å². The van der Waals surface area contributed by atoms with Crippen molar-refractivity contribution in [2.75, 3.05) is 6.61 Å². The van der Waals surface area contributed by atoms with E-state index in [0.717, 1.165) is 5.56 Å². The van der Waals surface area contributed by atoms with Gasteiger partial charge in [-0.05, 0) is 5.56 Å². The van der Waals surface area contributed by atoms with Gasteiger partial charge in [-0.3, -0.25) is 0 Å². The average Bonchev–Trinajstić information content (AvgIpc) is 2.07. The van der Waals surface area contributed by atoms with Gasteiger partial charge >= 0.3 is 18.9 Å². The Labute approximate surface area is 86.8 Å². The quantitative estimate of drug-likeness (QED) is 0.307. The van der Waals surface area contributed by atoms with Gasteiger partial charge < -0.3 is 6.16 Å². The average molecular weight is 154 g/mol. The van der Waals surface area contributed by atoms with Crippen molar-refractivity contribution in [3.63, 3.8) is 0 Å². The maximum atomic E-state index is 5.13. The number of rotatable bonds is 3. The van der Waals surface area contributed by atoms with E-state index in [4.69, 9.17) is 11.2 Å². The van der Waals surface area contributed by atoms with Crippen LogP contribution in [0, 0.1) is 12.3 Å². The molecule has 58 valence electrons. The molecule has 0 saturated carbocycles. The van der Waals surface area contributed by atoms with Gasteiger partial charge in [0.05, 0.1) is 6.61 Å². The summed E-state index contributed by atoms with van der Waals surface area (Å²) in [5.41, 5.74) is 1.16. The first-order chi connectivity index (χ1) is 5.43. The molecular weight excluding hydrogens is 143 g/mol. The molecule has 0 aliphatic carbocycles. The van der Waals surface area contributed by atoms with Gasteiger partial charge in [-0.1, -0.05) is 36.3 Å². The Morgan fingerprint density at radius 3 is 2.58 bits per heavy atom. The minimum absolute atomic E-state index is 0. The molecule has 0 aromatic heterocycles. The van der Waals surface area contributed by atoms with E-state index in [2.05, 4.69) is 5.92 Å². The zero-order valence-corrected chi connectivity index (χ0v) is 7.29. The Morgan fingerprint density at radius 2 is 2.00 bits per heavy atom. The molecule has 12 heavy (non-hydrogen) atoms. The molecule has 0 atom stereocenters. The van der Waals surface area contributed by atoms with Crippen LogP contribution in [0.5, 0.6) is 0 Å². The zero-order valence-electron chi connectivity index (χ0n) is 8.29. The van der Waals surface area contributed by atoms with E-state index in [1.54, 1.807) is 0 Å². The first-order valence-electron chi connectivity index (χ1n) is 3.48. The molecule has 0 amide bonds. The molecule has 1 aromatic rings. The summed E-state index contributed by atoms with van der Waals surface area (Å²) in [6.07, 6.45) is 5.02. The fraction of sp³-hybridized carbons (Fsp3) is 0.200. The second-order valence-corrected chi connectivity index (χ2v) is 2.18. The Bertz CT molecular complexity index is 243. The molecule has 0 aliphatic heterocycles. The molecule has 0 radical (unpaired) electrons. The van der Waals surface area contributed by atoms with E-state index in [1.807, 2.05) is 30.3 Å². The van der Waals surface area contributed by atoms with Crippen LogP contribution in [0.25, 0.3) is 0 Å².